The van der Waals surface area contributed by atoms with Crippen LogP contribution in [0.2, 0.25) is 0 Å². The van der Waals surface area contributed by atoms with Crippen LogP contribution in [0.25, 0.3) is 0 Å². The smallest absolute Gasteiger partial charge is 0.410 e. The Hall–Kier alpha value is -0.850. The number of hydrogen-bond acceptors (Lipinski definition) is 5. The molecular weight excluding hydrogens is 270 g/mol. The number of hydrogen-bond donors (Lipinski definition) is 1. The molecule has 1 spiro atoms. The molecular formula is C15H27N3O3. The molecule has 0 aromatic rings. The predicted octanol–water partition coefficient (Wildman–Crippen LogP) is 0.668. The van der Waals surface area contributed by atoms with Crippen LogP contribution in [0.1, 0.15) is 27.7 Å². The van der Waals surface area contributed by atoms with Gasteiger partial charge in [0.1, 0.15) is 5.60 Å². The van der Waals surface area contributed by atoms with E-state index in [4.69, 9.17) is 9.47 Å². The molecule has 21 heavy (non-hydrogen) atoms. The summed E-state index contributed by atoms with van der Waals surface area (Å²) in [7, 11) is 0. The van der Waals surface area contributed by atoms with Crippen molar-refractivity contribution in [3.05, 3.63) is 0 Å². The van der Waals surface area contributed by atoms with Crippen LogP contribution in [-0.4, -0.2) is 78.5 Å². The molecule has 6 heteroatoms. The first-order chi connectivity index (χ1) is 9.82. The minimum absolute atomic E-state index is 0.0452. The van der Waals surface area contributed by atoms with Gasteiger partial charge in [0, 0.05) is 38.3 Å². The monoisotopic (exact) mass is 297 g/mol. The Labute approximate surface area is 126 Å². The molecule has 0 aromatic heterocycles. The number of piperazine rings is 1. The van der Waals surface area contributed by atoms with E-state index >= 15 is 0 Å². The summed E-state index contributed by atoms with van der Waals surface area (Å²) in [4.78, 5) is 16.5. The van der Waals surface area contributed by atoms with Crippen molar-refractivity contribution in [3.8, 4) is 0 Å². The number of nitrogens with one attached hydrogen (secondary N) is 1. The molecule has 120 valence electrons. The molecule has 0 unspecified atom stereocenters. The number of ether oxygens (including phenoxy) is 2. The second kappa shape index (κ2) is 5.11. The fraction of sp³-hybridized carbons (Fsp3) is 0.933. The number of likely N-dealkylation sites (tertiary alicyclic amines) is 1. The number of rotatable bonds is 0. The van der Waals surface area contributed by atoms with Crippen LogP contribution in [0.3, 0.4) is 0 Å². The van der Waals surface area contributed by atoms with Gasteiger partial charge in [0.25, 0.3) is 0 Å². The molecule has 3 heterocycles. The molecule has 3 aliphatic heterocycles. The summed E-state index contributed by atoms with van der Waals surface area (Å²) < 4.78 is 11.1. The molecule has 2 atom stereocenters. The van der Waals surface area contributed by atoms with Gasteiger partial charge in [-0.3, -0.25) is 4.90 Å². The lowest BCUT2D eigenvalue weighted by Gasteiger charge is -2.63. The summed E-state index contributed by atoms with van der Waals surface area (Å²) in [5.41, 5.74) is -0.388. The Bertz CT molecular complexity index is 415. The number of carbonyl (C=O) groups is 1. The zero-order chi connectivity index (χ0) is 15.3. The molecule has 0 radical (unpaired) electrons. The Balaban J connectivity index is 1.67. The third kappa shape index (κ3) is 2.64. The van der Waals surface area contributed by atoms with Crippen LogP contribution in [0.4, 0.5) is 4.79 Å². The van der Waals surface area contributed by atoms with Crippen LogP contribution in [0, 0.1) is 0 Å². The maximum absolute atomic E-state index is 12.2. The number of fused-ring (bicyclic) bond motifs is 2. The summed E-state index contributed by atoms with van der Waals surface area (Å²) >= 11 is 0. The van der Waals surface area contributed by atoms with E-state index in [0.29, 0.717) is 12.1 Å². The second-order valence-electron chi connectivity index (χ2n) is 7.49. The van der Waals surface area contributed by atoms with E-state index in [9.17, 15) is 4.79 Å². The fourth-order valence-electron chi connectivity index (χ4n) is 3.69. The van der Waals surface area contributed by atoms with Gasteiger partial charge >= 0.3 is 6.09 Å². The molecule has 0 saturated carbocycles. The van der Waals surface area contributed by atoms with Crippen LogP contribution >= 0.6 is 0 Å². The molecule has 3 rings (SSSR count). The third-order valence-electron chi connectivity index (χ3n) is 4.85. The van der Waals surface area contributed by atoms with Crippen molar-refractivity contribution < 1.29 is 14.3 Å². The average molecular weight is 297 g/mol. The van der Waals surface area contributed by atoms with Gasteiger partial charge in [-0.05, 0) is 27.7 Å². The summed E-state index contributed by atoms with van der Waals surface area (Å²) in [5, 5.41) is 3.58. The standard InChI is InChI=1S/C15H27N3O3/c1-11-15(18-5-6-20-8-12(18)7-16-11)9-17(10-15)13(19)21-14(2,3)4/h11-12,16H,5-10H2,1-4H3/t11-,12-/m0/s1. The lowest BCUT2D eigenvalue weighted by atomic mass is 9.78. The zero-order valence-electron chi connectivity index (χ0n) is 13.5. The summed E-state index contributed by atoms with van der Waals surface area (Å²) in [6, 6.07) is 0.807. The topological polar surface area (TPSA) is 54.0 Å². The molecule has 0 aliphatic carbocycles. The lowest BCUT2D eigenvalue weighted by Crippen LogP contribution is -2.83. The average Bonchev–Trinajstić information content (AvgIpc) is 2.34. The van der Waals surface area contributed by atoms with Crippen LogP contribution in [0.15, 0.2) is 0 Å². The molecule has 1 N–H and O–H groups in total. The SMILES string of the molecule is C[C@@H]1NC[C@H]2COCCN2C12CN(C(=O)OC(C)(C)C)C2. The minimum atomic E-state index is -0.433. The predicted molar refractivity (Wildman–Crippen MR) is 79.3 cm³/mol. The quantitative estimate of drug-likeness (QED) is 0.712. The van der Waals surface area contributed by atoms with Crippen molar-refractivity contribution in [1.29, 1.82) is 0 Å². The van der Waals surface area contributed by atoms with Crippen LogP contribution in [0.5, 0.6) is 0 Å². The highest BCUT2D eigenvalue weighted by molar-refractivity contribution is 5.70. The highest BCUT2D eigenvalue weighted by atomic mass is 16.6. The molecule has 1 amide bonds. The van der Waals surface area contributed by atoms with Gasteiger partial charge in [0.2, 0.25) is 0 Å². The molecule has 0 bridgehead atoms. The Morgan fingerprint density at radius 3 is 2.76 bits per heavy atom. The summed E-state index contributed by atoms with van der Waals surface area (Å²) in [5.74, 6) is 0. The number of morpholine rings is 1. The van der Waals surface area contributed by atoms with Crippen LogP contribution < -0.4 is 5.32 Å². The van der Waals surface area contributed by atoms with E-state index < -0.39 is 5.60 Å². The number of amides is 1. The number of carbonyl (C=O) groups excluding carboxylic acids is 1. The number of nitrogens with zero attached hydrogens (tertiary/aromatic N) is 2. The maximum atomic E-state index is 12.2. The van der Waals surface area contributed by atoms with Gasteiger partial charge in [-0.2, -0.15) is 0 Å². The van der Waals surface area contributed by atoms with E-state index in [-0.39, 0.29) is 11.6 Å². The van der Waals surface area contributed by atoms with Crippen molar-refractivity contribution in [2.75, 3.05) is 39.4 Å². The molecule has 3 aliphatic rings. The van der Waals surface area contributed by atoms with Gasteiger partial charge in [0.15, 0.2) is 0 Å². The summed E-state index contributed by atoms with van der Waals surface area (Å²) in [6.07, 6.45) is -0.198. The molecule has 0 aromatic carbocycles. The van der Waals surface area contributed by atoms with Gasteiger partial charge in [-0.1, -0.05) is 0 Å². The summed E-state index contributed by atoms with van der Waals surface area (Å²) in [6.45, 7) is 12.9. The van der Waals surface area contributed by atoms with Crippen molar-refractivity contribution >= 4 is 6.09 Å². The van der Waals surface area contributed by atoms with E-state index in [1.807, 2.05) is 25.7 Å². The molecule has 6 nitrogen and oxygen atoms in total. The maximum Gasteiger partial charge on any atom is 0.410 e. The zero-order valence-corrected chi connectivity index (χ0v) is 13.5. The highest BCUT2D eigenvalue weighted by Crippen LogP contribution is 2.37. The van der Waals surface area contributed by atoms with E-state index in [2.05, 4.69) is 17.1 Å². The molecule has 3 saturated heterocycles. The fourth-order valence-corrected chi connectivity index (χ4v) is 3.69. The van der Waals surface area contributed by atoms with Crippen molar-refractivity contribution in [2.45, 2.75) is 50.9 Å². The Morgan fingerprint density at radius 1 is 1.38 bits per heavy atom. The van der Waals surface area contributed by atoms with Crippen molar-refractivity contribution in [1.82, 2.24) is 15.1 Å². The van der Waals surface area contributed by atoms with E-state index in [0.717, 1.165) is 39.4 Å². The van der Waals surface area contributed by atoms with Gasteiger partial charge < -0.3 is 19.7 Å². The van der Waals surface area contributed by atoms with Gasteiger partial charge in [-0.25, -0.2) is 4.79 Å². The van der Waals surface area contributed by atoms with Crippen molar-refractivity contribution in [2.24, 2.45) is 0 Å². The van der Waals surface area contributed by atoms with Gasteiger partial charge in [-0.15, -0.1) is 0 Å². The van der Waals surface area contributed by atoms with Crippen molar-refractivity contribution in [3.63, 3.8) is 0 Å². The Kier molecular flexibility index (Phi) is 3.66. The largest absolute Gasteiger partial charge is 0.444 e. The normalized spacial score (nSPS) is 32.5. The first-order valence-corrected chi connectivity index (χ1v) is 7.88. The highest BCUT2D eigenvalue weighted by Gasteiger charge is 2.57. The van der Waals surface area contributed by atoms with E-state index in [1.54, 1.807) is 0 Å². The first-order valence-electron chi connectivity index (χ1n) is 7.88. The Morgan fingerprint density at radius 2 is 2.10 bits per heavy atom. The minimum Gasteiger partial charge on any atom is -0.444 e. The molecule has 3 fully saturated rings. The van der Waals surface area contributed by atoms with Crippen LogP contribution in [-0.2, 0) is 9.47 Å². The lowest BCUT2D eigenvalue weighted by molar-refractivity contribution is -0.150. The first kappa shape index (κ1) is 15.1. The second-order valence-corrected chi connectivity index (χ2v) is 7.49. The van der Waals surface area contributed by atoms with E-state index in [1.165, 1.54) is 0 Å². The van der Waals surface area contributed by atoms with Gasteiger partial charge in [0.05, 0.1) is 18.8 Å². The third-order valence-corrected chi connectivity index (χ3v) is 4.85.